The number of hydrogen-bond donors (Lipinski definition) is 1. The molecule has 1 nitrogen and oxygen atoms in total. The first kappa shape index (κ1) is 24.0. The molecule has 1 unspecified atom stereocenters. The van der Waals surface area contributed by atoms with Crippen molar-refractivity contribution >= 4 is 11.6 Å². The molecule has 0 fully saturated rings. The molecular weight excluding hydrogens is 316 g/mol. The Hall–Kier alpha value is -0.0100. The van der Waals surface area contributed by atoms with Crippen LogP contribution in [0.5, 0.6) is 0 Å². The van der Waals surface area contributed by atoms with Crippen LogP contribution in [0.25, 0.3) is 0 Å². The highest BCUT2D eigenvalue weighted by atomic mass is 35.5. The van der Waals surface area contributed by atoms with Crippen molar-refractivity contribution in [1.82, 2.24) is 0 Å². The average molecular weight is 359 g/mol. The van der Waals surface area contributed by atoms with Crippen molar-refractivity contribution in [3.63, 3.8) is 0 Å². The summed E-state index contributed by atoms with van der Waals surface area (Å²) in [5, 5.41) is 9.66. The van der Waals surface area contributed by atoms with Gasteiger partial charge < -0.3 is 5.11 Å². The molecule has 0 aromatic heterocycles. The molecule has 0 spiro atoms. The first-order valence-electron chi connectivity index (χ1n) is 10.5. The van der Waals surface area contributed by atoms with E-state index in [0.29, 0.717) is 0 Å². The average Bonchev–Trinajstić information content (AvgIpc) is 2.53. The second-order valence-electron chi connectivity index (χ2n) is 7.85. The van der Waals surface area contributed by atoms with Crippen LogP contribution in [0.15, 0.2) is 12.2 Å². The lowest BCUT2D eigenvalue weighted by molar-refractivity contribution is 0.0722. The molecular formula is C22H43ClO. The first-order chi connectivity index (χ1) is 11.5. The maximum atomic E-state index is 9.77. The fourth-order valence-corrected chi connectivity index (χ4v) is 3.08. The third-order valence-corrected chi connectivity index (χ3v) is 5.49. The van der Waals surface area contributed by atoms with Gasteiger partial charge in [0.2, 0.25) is 0 Å². The van der Waals surface area contributed by atoms with Crippen molar-refractivity contribution in [3.8, 4) is 0 Å². The Morgan fingerprint density at radius 3 is 1.62 bits per heavy atom. The standard InChI is InChI=1S/C22H43ClO/c1-4-5-6-7-8-9-10-11-12-13-14-15-16-17-18-19-20-21(23)22(2,3)24/h11-12,21,24H,4-10,13-20H2,1-3H3/b12-11-. The number of rotatable bonds is 17. The van der Waals surface area contributed by atoms with E-state index in [1.165, 1.54) is 83.5 Å². The Morgan fingerprint density at radius 1 is 0.750 bits per heavy atom. The van der Waals surface area contributed by atoms with Crippen LogP contribution in [-0.4, -0.2) is 16.1 Å². The molecule has 0 aliphatic carbocycles. The summed E-state index contributed by atoms with van der Waals surface area (Å²) in [4.78, 5) is 0. The zero-order chi connectivity index (χ0) is 18.1. The summed E-state index contributed by atoms with van der Waals surface area (Å²) >= 11 is 6.16. The zero-order valence-corrected chi connectivity index (χ0v) is 17.4. The van der Waals surface area contributed by atoms with Gasteiger partial charge >= 0.3 is 0 Å². The fraction of sp³-hybridized carbons (Fsp3) is 0.909. The predicted molar refractivity (Wildman–Crippen MR) is 110 cm³/mol. The Balaban J connectivity index is 3.21. The lowest BCUT2D eigenvalue weighted by Crippen LogP contribution is -2.31. The molecule has 0 amide bonds. The molecule has 0 aromatic rings. The van der Waals surface area contributed by atoms with Crippen LogP contribution in [0.4, 0.5) is 0 Å². The number of allylic oxidation sites excluding steroid dienone is 2. The van der Waals surface area contributed by atoms with E-state index < -0.39 is 5.60 Å². The summed E-state index contributed by atoms with van der Waals surface area (Å²) in [5.74, 6) is 0. The summed E-state index contributed by atoms with van der Waals surface area (Å²) in [6, 6.07) is 0. The molecule has 24 heavy (non-hydrogen) atoms. The zero-order valence-electron chi connectivity index (χ0n) is 16.7. The molecule has 144 valence electrons. The smallest absolute Gasteiger partial charge is 0.0754 e. The SMILES string of the molecule is CCCCCCCC/C=C\CCCCCCCCC(Cl)C(C)(C)O. The van der Waals surface area contributed by atoms with Crippen molar-refractivity contribution in [2.75, 3.05) is 0 Å². The van der Waals surface area contributed by atoms with Crippen molar-refractivity contribution in [2.45, 2.75) is 128 Å². The highest BCUT2D eigenvalue weighted by molar-refractivity contribution is 6.21. The van der Waals surface area contributed by atoms with E-state index in [9.17, 15) is 5.11 Å². The largest absolute Gasteiger partial charge is 0.389 e. The quantitative estimate of drug-likeness (QED) is 0.160. The summed E-state index contributed by atoms with van der Waals surface area (Å²) in [7, 11) is 0. The van der Waals surface area contributed by atoms with Crippen molar-refractivity contribution in [1.29, 1.82) is 0 Å². The minimum Gasteiger partial charge on any atom is -0.389 e. The maximum absolute atomic E-state index is 9.77. The van der Waals surface area contributed by atoms with Crippen molar-refractivity contribution < 1.29 is 5.11 Å². The second-order valence-corrected chi connectivity index (χ2v) is 8.37. The van der Waals surface area contributed by atoms with Gasteiger partial charge in [0, 0.05) is 0 Å². The number of hydrogen-bond acceptors (Lipinski definition) is 1. The highest BCUT2D eigenvalue weighted by Gasteiger charge is 2.23. The van der Waals surface area contributed by atoms with E-state index in [1.807, 2.05) is 0 Å². The van der Waals surface area contributed by atoms with E-state index in [0.717, 1.165) is 12.8 Å². The summed E-state index contributed by atoms with van der Waals surface area (Å²) < 4.78 is 0. The lowest BCUT2D eigenvalue weighted by atomic mass is 9.99. The van der Waals surface area contributed by atoms with Crippen molar-refractivity contribution in [2.24, 2.45) is 0 Å². The van der Waals surface area contributed by atoms with Crippen LogP contribution in [0.3, 0.4) is 0 Å². The number of unbranched alkanes of at least 4 members (excludes halogenated alkanes) is 12. The van der Waals surface area contributed by atoms with Gasteiger partial charge in [0.05, 0.1) is 11.0 Å². The molecule has 0 rings (SSSR count). The van der Waals surface area contributed by atoms with E-state index in [1.54, 1.807) is 13.8 Å². The molecule has 2 heteroatoms. The minimum absolute atomic E-state index is 0.116. The van der Waals surface area contributed by atoms with Gasteiger partial charge in [0.1, 0.15) is 0 Å². The van der Waals surface area contributed by atoms with Crippen LogP contribution < -0.4 is 0 Å². The summed E-state index contributed by atoms with van der Waals surface area (Å²) in [6.07, 6.45) is 24.3. The fourth-order valence-electron chi connectivity index (χ4n) is 2.92. The lowest BCUT2D eigenvalue weighted by Gasteiger charge is -2.23. The van der Waals surface area contributed by atoms with Gasteiger partial charge in [-0.2, -0.15) is 0 Å². The molecule has 0 saturated heterocycles. The highest BCUT2D eigenvalue weighted by Crippen LogP contribution is 2.21. The monoisotopic (exact) mass is 358 g/mol. The van der Waals surface area contributed by atoms with Gasteiger partial charge in [0.15, 0.2) is 0 Å². The molecule has 0 saturated carbocycles. The van der Waals surface area contributed by atoms with Gasteiger partial charge in [-0.1, -0.05) is 83.3 Å². The normalized spacial score (nSPS) is 13.7. The second kappa shape index (κ2) is 16.5. The summed E-state index contributed by atoms with van der Waals surface area (Å²) in [5.41, 5.74) is -0.747. The van der Waals surface area contributed by atoms with Gasteiger partial charge in [-0.05, 0) is 46.0 Å². The van der Waals surface area contributed by atoms with Gasteiger partial charge in [-0.3, -0.25) is 0 Å². The summed E-state index contributed by atoms with van der Waals surface area (Å²) in [6.45, 7) is 5.87. The van der Waals surface area contributed by atoms with Crippen LogP contribution >= 0.6 is 11.6 Å². The van der Waals surface area contributed by atoms with E-state index in [-0.39, 0.29) is 5.38 Å². The maximum Gasteiger partial charge on any atom is 0.0754 e. The van der Waals surface area contributed by atoms with Crippen LogP contribution in [-0.2, 0) is 0 Å². The van der Waals surface area contributed by atoms with Crippen LogP contribution in [0.1, 0.15) is 117 Å². The Kier molecular flexibility index (Phi) is 16.5. The number of aliphatic hydroxyl groups is 1. The molecule has 0 radical (unpaired) electrons. The molecule has 1 atom stereocenters. The molecule has 0 heterocycles. The molecule has 0 aliphatic rings. The third-order valence-electron chi connectivity index (χ3n) is 4.74. The molecule has 0 bridgehead atoms. The van der Waals surface area contributed by atoms with E-state index in [2.05, 4.69) is 19.1 Å². The molecule has 0 aliphatic heterocycles. The topological polar surface area (TPSA) is 20.2 Å². The Morgan fingerprint density at radius 2 is 1.17 bits per heavy atom. The number of halogens is 1. The van der Waals surface area contributed by atoms with Gasteiger partial charge in [0.25, 0.3) is 0 Å². The third kappa shape index (κ3) is 16.8. The van der Waals surface area contributed by atoms with Crippen LogP contribution in [0, 0.1) is 0 Å². The van der Waals surface area contributed by atoms with E-state index in [4.69, 9.17) is 11.6 Å². The van der Waals surface area contributed by atoms with Gasteiger partial charge in [-0.15, -0.1) is 11.6 Å². The first-order valence-corrected chi connectivity index (χ1v) is 10.9. The Bertz CT molecular complexity index is 280. The molecule has 0 aromatic carbocycles. The Labute approximate surface area is 157 Å². The van der Waals surface area contributed by atoms with Gasteiger partial charge in [-0.25, -0.2) is 0 Å². The minimum atomic E-state index is -0.747. The van der Waals surface area contributed by atoms with E-state index >= 15 is 0 Å². The van der Waals surface area contributed by atoms with Crippen molar-refractivity contribution in [3.05, 3.63) is 12.2 Å². The predicted octanol–water partition coefficient (Wildman–Crippen LogP) is 7.79. The molecule has 1 N–H and O–H groups in total. The number of alkyl halides is 1. The van der Waals surface area contributed by atoms with Crippen LogP contribution in [0.2, 0.25) is 0 Å².